The molecule has 4 fully saturated rings. The lowest BCUT2D eigenvalue weighted by atomic mass is 9.84. The number of rotatable bonds is 8. The van der Waals surface area contributed by atoms with E-state index in [-0.39, 0.29) is 48.3 Å². The van der Waals surface area contributed by atoms with Crippen LogP contribution in [-0.4, -0.2) is 106 Å². The van der Waals surface area contributed by atoms with E-state index < -0.39 is 29.5 Å². The van der Waals surface area contributed by atoms with Crippen LogP contribution in [0, 0.1) is 17.3 Å². The number of carbonyl (C=O) groups excluding carboxylic acids is 3. The molecular weight excluding hydrogens is 821 g/mol. The van der Waals surface area contributed by atoms with Crippen LogP contribution in [0.15, 0.2) is 59.0 Å². The van der Waals surface area contributed by atoms with Crippen LogP contribution < -0.4 is 10.7 Å². The summed E-state index contributed by atoms with van der Waals surface area (Å²) >= 11 is 1.51. The van der Waals surface area contributed by atoms with Gasteiger partial charge in [0, 0.05) is 64.5 Å². The minimum absolute atomic E-state index is 0.0257. The van der Waals surface area contributed by atoms with Crippen molar-refractivity contribution in [3.63, 3.8) is 0 Å². The second-order valence-corrected chi connectivity index (χ2v) is 19.7. The topological polar surface area (TPSA) is 166 Å². The van der Waals surface area contributed by atoms with Crippen molar-refractivity contribution in [3.8, 4) is 22.5 Å². The SMILES string of the molecule is CO[C@@H](C)c1ncccc1-c1c2c3cc(ccc3n1C1COC1)-c1csc(n1)[C@@H](N1CCCC1)[C@H](NC(=O)[C@@H]1[C@@H](C)[C@H]1c1cocn1)C(=O)N1CCC[C@H](N1)C(=O)OCC(C)(C)C2. The highest BCUT2D eigenvalue weighted by atomic mass is 32.1. The standard InChI is InChI=1S/C47H56N8O7S/c1-26-37(34-22-61-25-49-34)38(26)43(56)51-40-42(53-15-6-7-16-53)44-50-35(23-63-44)28-12-13-36-31(18-28)32(19-47(3,4)24-62-46(58)33-11-9-17-54(52-33)45(40)57)41(55(36)29-20-60-21-29)30-10-8-14-48-39(30)27(2)59-5/h8,10,12-14,18,22-23,25-27,29,33,37-38,40,42,52H,6-7,9,11,15-17,19-21,24H2,1-5H3,(H,51,56)/t26-,27-,33-,37-,38+,40-,42-/m0/s1. The van der Waals surface area contributed by atoms with Crippen molar-refractivity contribution in [2.24, 2.45) is 17.3 Å². The maximum atomic E-state index is 15.1. The zero-order chi connectivity index (χ0) is 43.6. The van der Waals surface area contributed by atoms with Crippen LogP contribution in [0.4, 0.5) is 0 Å². The Balaban J connectivity index is 1.12. The lowest BCUT2D eigenvalue weighted by Crippen LogP contribution is -2.62. The van der Waals surface area contributed by atoms with E-state index in [4.69, 9.17) is 28.6 Å². The van der Waals surface area contributed by atoms with Crippen LogP contribution in [0.3, 0.4) is 0 Å². The summed E-state index contributed by atoms with van der Waals surface area (Å²) < 4.78 is 25.6. The number of cyclic esters (lactones) is 1. The van der Waals surface area contributed by atoms with E-state index >= 15 is 4.79 Å². The monoisotopic (exact) mass is 876 g/mol. The second kappa shape index (κ2) is 16.8. The van der Waals surface area contributed by atoms with E-state index in [9.17, 15) is 9.59 Å². The Bertz CT molecular complexity index is 2510. The Morgan fingerprint density at radius 2 is 1.92 bits per heavy atom. The number of thiazole rings is 1. The third kappa shape index (κ3) is 7.77. The molecule has 4 aliphatic heterocycles. The summed E-state index contributed by atoms with van der Waals surface area (Å²) in [6.45, 7) is 11.5. The molecule has 3 saturated heterocycles. The molecule has 5 aliphatic rings. The van der Waals surface area contributed by atoms with Crippen molar-refractivity contribution in [3.05, 3.63) is 76.5 Å². The second-order valence-electron chi connectivity index (χ2n) is 18.8. The van der Waals surface area contributed by atoms with Crippen molar-refractivity contribution >= 4 is 40.0 Å². The van der Waals surface area contributed by atoms with E-state index in [2.05, 4.69) is 68.7 Å². The van der Waals surface area contributed by atoms with Crippen LogP contribution in [0.5, 0.6) is 0 Å². The molecule has 0 radical (unpaired) electrons. The third-order valence-electron chi connectivity index (χ3n) is 13.9. The van der Waals surface area contributed by atoms with Crippen molar-refractivity contribution in [2.45, 2.75) is 96.0 Å². The van der Waals surface area contributed by atoms with Gasteiger partial charge in [-0.15, -0.1) is 11.3 Å². The number of likely N-dealkylation sites (tertiary alicyclic amines) is 1. The summed E-state index contributed by atoms with van der Waals surface area (Å²) in [6.07, 6.45) is 8.15. The number of amides is 2. The molecule has 0 spiro atoms. The van der Waals surface area contributed by atoms with Gasteiger partial charge in [-0.25, -0.2) is 15.4 Å². The molecule has 0 unspecified atom stereocenters. The molecule has 2 amide bonds. The first-order valence-electron chi connectivity index (χ1n) is 22.4. The number of carbonyl (C=O) groups is 3. The summed E-state index contributed by atoms with van der Waals surface area (Å²) in [5.74, 6) is -1.37. The Kier molecular flexibility index (Phi) is 11.2. The first kappa shape index (κ1) is 42.0. The quantitative estimate of drug-likeness (QED) is 0.165. The number of hydrogen-bond acceptors (Lipinski definition) is 13. The normalized spacial score (nSPS) is 27.2. The van der Waals surface area contributed by atoms with Gasteiger partial charge in [0.1, 0.15) is 23.4 Å². The maximum absolute atomic E-state index is 15.1. The number of esters is 1. The van der Waals surface area contributed by atoms with Crippen molar-refractivity contribution < 1.29 is 33.0 Å². The fraction of sp³-hybridized carbons (Fsp3) is 0.532. The van der Waals surface area contributed by atoms with Gasteiger partial charge in [-0.05, 0) is 87.9 Å². The number of ether oxygens (including phenoxy) is 3. The highest BCUT2D eigenvalue weighted by molar-refractivity contribution is 7.10. The highest BCUT2D eigenvalue weighted by Gasteiger charge is 2.55. The first-order chi connectivity index (χ1) is 30.5. The Morgan fingerprint density at radius 3 is 2.67 bits per heavy atom. The number of aromatic nitrogens is 4. The smallest absolute Gasteiger partial charge is 0.324 e. The molecule has 15 nitrogen and oxygen atoms in total. The molecule has 63 heavy (non-hydrogen) atoms. The average Bonchev–Trinajstić information content (AvgIpc) is 3.93. The summed E-state index contributed by atoms with van der Waals surface area (Å²) in [5, 5.41) is 8.68. The van der Waals surface area contributed by atoms with Crippen molar-refractivity contribution in [2.75, 3.05) is 46.6 Å². The number of nitrogens with zero attached hydrogens (tertiary/aromatic N) is 6. The van der Waals surface area contributed by atoms with Gasteiger partial charge in [0.05, 0.1) is 60.8 Å². The van der Waals surface area contributed by atoms with Crippen LogP contribution in [0.2, 0.25) is 0 Å². The number of hydrazine groups is 1. The molecule has 1 aromatic carbocycles. The molecule has 2 N–H and O–H groups in total. The van der Waals surface area contributed by atoms with Gasteiger partial charge in [0.15, 0.2) is 6.39 Å². The number of oxazole rings is 1. The predicted molar refractivity (Wildman–Crippen MR) is 235 cm³/mol. The first-order valence-corrected chi connectivity index (χ1v) is 23.2. The number of methoxy groups -OCH3 is 1. The van der Waals surface area contributed by atoms with Crippen LogP contribution in [0.1, 0.15) is 99.4 Å². The van der Waals surface area contributed by atoms with E-state index in [1.165, 1.54) is 22.7 Å². The molecule has 332 valence electrons. The lowest BCUT2D eigenvalue weighted by molar-refractivity contribution is -0.156. The number of pyridine rings is 1. The van der Waals surface area contributed by atoms with Crippen LogP contribution in [-0.2, 0) is 35.0 Å². The van der Waals surface area contributed by atoms with Gasteiger partial charge >= 0.3 is 5.97 Å². The van der Waals surface area contributed by atoms with Gasteiger partial charge in [0.2, 0.25) is 5.91 Å². The van der Waals surface area contributed by atoms with Gasteiger partial charge in [-0.2, -0.15) is 0 Å². The van der Waals surface area contributed by atoms with Crippen molar-refractivity contribution in [1.82, 2.24) is 40.2 Å². The molecule has 10 rings (SSSR count). The zero-order valence-electron chi connectivity index (χ0n) is 36.5. The highest BCUT2D eigenvalue weighted by Crippen LogP contribution is 2.53. The van der Waals surface area contributed by atoms with E-state index in [0.717, 1.165) is 81.3 Å². The molecule has 1 saturated carbocycles. The molecule has 1 aliphatic carbocycles. The van der Waals surface area contributed by atoms with E-state index in [1.54, 1.807) is 13.4 Å². The Morgan fingerprint density at radius 1 is 1.10 bits per heavy atom. The fourth-order valence-electron chi connectivity index (χ4n) is 10.3. The fourth-order valence-corrected chi connectivity index (χ4v) is 11.3. The maximum Gasteiger partial charge on any atom is 0.324 e. The Hall–Kier alpha value is -5.00. The molecule has 6 bridgehead atoms. The van der Waals surface area contributed by atoms with Gasteiger partial charge in [-0.1, -0.05) is 26.8 Å². The summed E-state index contributed by atoms with van der Waals surface area (Å²) in [5.41, 5.74) is 10.3. The average molecular weight is 877 g/mol. The van der Waals surface area contributed by atoms with Gasteiger partial charge in [0.25, 0.3) is 5.91 Å². The molecule has 16 heteroatoms. The number of hydrogen-bond donors (Lipinski definition) is 2. The molecular formula is C47H56N8O7S. The van der Waals surface area contributed by atoms with Crippen LogP contribution >= 0.6 is 11.3 Å². The van der Waals surface area contributed by atoms with Gasteiger partial charge in [-0.3, -0.25) is 29.3 Å². The number of benzene rings is 1. The minimum atomic E-state index is -0.987. The molecule has 7 atom stereocenters. The lowest BCUT2D eigenvalue weighted by Gasteiger charge is -2.39. The third-order valence-corrected chi connectivity index (χ3v) is 14.8. The summed E-state index contributed by atoms with van der Waals surface area (Å²) in [4.78, 5) is 60.4. The van der Waals surface area contributed by atoms with E-state index in [1.807, 2.05) is 26.1 Å². The number of nitrogens with one attached hydrogen (secondary N) is 2. The molecule has 4 aromatic heterocycles. The zero-order valence-corrected chi connectivity index (χ0v) is 37.4. The molecule has 8 heterocycles. The van der Waals surface area contributed by atoms with Crippen LogP contribution in [0.25, 0.3) is 33.4 Å². The number of fused-ring (bicyclic) bond motifs is 6. The summed E-state index contributed by atoms with van der Waals surface area (Å²) in [7, 11) is 1.70. The summed E-state index contributed by atoms with van der Waals surface area (Å²) in [6, 6.07) is 8.48. The largest absolute Gasteiger partial charge is 0.464 e. The van der Waals surface area contributed by atoms with E-state index in [0.29, 0.717) is 39.0 Å². The Labute approximate surface area is 370 Å². The minimum Gasteiger partial charge on any atom is -0.464 e. The molecule has 5 aromatic rings. The predicted octanol–water partition coefficient (Wildman–Crippen LogP) is 6.39. The van der Waals surface area contributed by atoms with Gasteiger partial charge < -0.3 is 28.5 Å². The van der Waals surface area contributed by atoms with Crippen molar-refractivity contribution in [1.29, 1.82) is 0 Å².